The lowest BCUT2D eigenvalue weighted by atomic mass is 9.78. The van der Waals surface area contributed by atoms with Crippen LogP contribution < -0.4 is 0 Å². The second kappa shape index (κ2) is 7.00. The molecule has 7 heteroatoms. The summed E-state index contributed by atoms with van der Waals surface area (Å²) in [6.45, 7) is 12.8. The Morgan fingerprint density at radius 1 is 1.08 bits per heavy atom. The SMILES string of the molecule is Br.CC(C)(C)c1cc(C2=NN3CC(=O)N=C3SC2)cc(C(C)(C)C)c1O. The second-order valence-electron chi connectivity index (χ2n) is 8.60. The van der Waals surface area contributed by atoms with E-state index in [1.54, 1.807) is 5.01 Å². The number of carbonyl (C=O) groups excluding carboxylic acids is 1. The number of hydrogen-bond donors (Lipinski definition) is 1. The van der Waals surface area contributed by atoms with Crippen molar-refractivity contribution in [3.8, 4) is 5.75 Å². The molecular weight excluding hydrogens is 414 g/mol. The highest BCUT2D eigenvalue weighted by Crippen LogP contribution is 2.40. The molecule has 0 saturated heterocycles. The summed E-state index contributed by atoms with van der Waals surface area (Å²) in [5.41, 5.74) is 3.38. The molecule has 0 fully saturated rings. The van der Waals surface area contributed by atoms with Crippen molar-refractivity contribution in [3.05, 3.63) is 28.8 Å². The van der Waals surface area contributed by atoms with Crippen molar-refractivity contribution in [3.63, 3.8) is 0 Å². The number of aromatic hydroxyl groups is 1. The van der Waals surface area contributed by atoms with Gasteiger partial charge in [0, 0.05) is 16.9 Å². The number of halogens is 1. The summed E-state index contributed by atoms with van der Waals surface area (Å²) in [5, 5.41) is 17.8. The quantitative estimate of drug-likeness (QED) is 0.711. The number of hydrazone groups is 1. The molecule has 1 aromatic carbocycles. The van der Waals surface area contributed by atoms with Crippen LogP contribution in [0.5, 0.6) is 5.75 Å². The highest BCUT2D eigenvalue weighted by atomic mass is 79.9. The first-order valence-electron chi connectivity index (χ1n) is 8.44. The smallest absolute Gasteiger partial charge is 0.269 e. The number of carbonyl (C=O) groups is 1. The lowest BCUT2D eigenvalue weighted by Crippen LogP contribution is -2.29. The minimum atomic E-state index is -0.182. The van der Waals surface area contributed by atoms with Crippen LogP contribution in [0.15, 0.2) is 22.2 Å². The molecule has 1 aromatic rings. The van der Waals surface area contributed by atoms with Crippen LogP contribution in [0.1, 0.15) is 58.2 Å². The fourth-order valence-corrected chi connectivity index (χ4v) is 3.88. The molecule has 3 rings (SSSR count). The molecule has 0 bridgehead atoms. The number of phenols is 1. The summed E-state index contributed by atoms with van der Waals surface area (Å²) in [6.07, 6.45) is 0. The van der Waals surface area contributed by atoms with Gasteiger partial charge in [-0.2, -0.15) is 10.1 Å². The molecule has 0 saturated carbocycles. The fourth-order valence-electron chi connectivity index (χ4n) is 2.97. The van der Waals surface area contributed by atoms with Gasteiger partial charge in [0.05, 0.1) is 5.71 Å². The minimum absolute atomic E-state index is 0. The number of benzene rings is 1. The standard InChI is InChI=1S/C19H25N3O2S.BrH/c1-18(2,3)12-7-11(8-13(16(12)24)19(4,5)6)14-10-25-17-20-15(23)9-22(17)21-14;/h7-8,24H,9-10H2,1-6H3;1H. The zero-order valence-electron chi connectivity index (χ0n) is 16.1. The molecule has 2 aliphatic rings. The maximum atomic E-state index is 11.5. The van der Waals surface area contributed by atoms with Crippen molar-refractivity contribution in [1.82, 2.24) is 5.01 Å². The summed E-state index contributed by atoms with van der Waals surface area (Å²) in [6, 6.07) is 4.06. The highest BCUT2D eigenvalue weighted by Gasteiger charge is 2.31. The lowest BCUT2D eigenvalue weighted by Gasteiger charge is -2.29. The predicted molar refractivity (Wildman–Crippen MR) is 114 cm³/mol. The first-order valence-corrected chi connectivity index (χ1v) is 9.43. The zero-order valence-corrected chi connectivity index (χ0v) is 18.6. The summed E-state index contributed by atoms with van der Waals surface area (Å²) in [5.74, 6) is 0.885. The van der Waals surface area contributed by atoms with Gasteiger partial charge >= 0.3 is 0 Å². The maximum absolute atomic E-state index is 11.5. The molecule has 2 heterocycles. The Morgan fingerprint density at radius 3 is 2.12 bits per heavy atom. The van der Waals surface area contributed by atoms with Gasteiger partial charge in [0.15, 0.2) is 5.17 Å². The van der Waals surface area contributed by atoms with Crippen molar-refractivity contribution in [2.75, 3.05) is 12.3 Å². The van der Waals surface area contributed by atoms with E-state index in [2.05, 4.69) is 51.6 Å². The van der Waals surface area contributed by atoms with Crippen molar-refractivity contribution in [2.45, 2.75) is 52.4 Å². The number of thioether (sulfide) groups is 1. The normalized spacial score (nSPS) is 17.5. The monoisotopic (exact) mass is 439 g/mol. The number of aliphatic imine (C=N–C) groups is 1. The van der Waals surface area contributed by atoms with Crippen LogP contribution in [0.4, 0.5) is 0 Å². The van der Waals surface area contributed by atoms with Crippen LogP contribution in [0, 0.1) is 0 Å². The van der Waals surface area contributed by atoms with Crippen molar-refractivity contribution in [1.29, 1.82) is 0 Å². The number of phenolic OH excluding ortho intramolecular Hbond substituents is 1. The fraction of sp³-hybridized carbons (Fsp3) is 0.526. The molecule has 0 atom stereocenters. The van der Waals surface area contributed by atoms with Gasteiger partial charge in [0.1, 0.15) is 12.3 Å². The molecule has 1 N–H and O–H groups in total. The van der Waals surface area contributed by atoms with Crippen molar-refractivity contribution >= 4 is 45.5 Å². The molecule has 0 unspecified atom stereocenters. The van der Waals surface area contributed by atoms with Gasteiger partial charge < -0.3 is 5.11 Å². The number of hydrogen-bond acceptors (Lipinski definition) is 5. The van der Waals surface area contributed by atoms with E-state index in [0.29, 0.717) is 16.7 Å². The summed E-state index contributed by atoms with van der Waals surface area (Å²) in [4.78, 5) is 15.5. The number of rotatable bonds is 1. The van der Waals surface area contributed by atoms with Crippen LogP contribution in [0.25, 0.3) is 0 Å². The summed E-state index contributed by atoms with van der Waals surface area (Å²) < 4.78 is 0. The number of amides is 1. The van der Waals surface area contributed by atoms with Crippen molar-refractivity contribution < 1.29 is 9.90 Å². The Labute approximate surface area is 169 Å². The van der Waals surface area contributed by atoms with Gasteiger partial charge in [-0.15, -0.1) is 17.0 Å². The number of nitrogens with zero attached hydrogens (tertiary/aromatic N) is 3. The van der Waals surface area contributed by atoms with E-state index in [9.17, 15) is 9.90 Å². The second-order valence-corrected chi connectivity index (χ2v) is 9.54. The van der Waals surface area contributed by atoms with Gasteiger partial charge in [-0.3, -0.25) is 4.79 Å². The van der Waals surface area contributed by atoms with Crippen LogP contribution in [-0.4, -0.2) is 39.2 Å². The van der Waals surface area contributed by atoms with Crippen LogP contribution in [-0.2, 0) is 15.6 Å². The van der Waals surface area contributed by atoms with Gasteiger partial charge in [-0.05, 0) is 28.5 Å². The van der Waals surface area contributed by atoms with Crippen LogP contribution in [0.3, 0.4) is 0 Å². The molecular formula is C19H26BrN3O2S. The predicted octanol–water partition coefficient (Wildman–Crippen LogP) is 4.21. The molecule has 1 amide bonds. The molecule has 0 aliphatic carbocycles. The Hall–Kier alpha value is -1.34. The molecule has 5 nitrogen and oxygen atoms in total. The van der Waals surface area contributed by atoms with E-state index in [4.69, 9.17) is 0 Å². The Balaban J connectivity index is 0.00000243. The van der Waals surface area contributed by atoms with Gasteiger partial charge in [0.2, 0.25) is 0 Å². The first-order chi connectivity index (χ1) is 11.5. The molecule has 0 aromatic heterocycles. The highest BCUT2D eigenvalue weighted by molar-refractivity contribution is 8.93. The third-order valence-corrected chi connectivity index (χ3v) is 5.34. The van der Waals surface area contributed by atoms with Crippen molar-refractivity contribution in [2.24, 2.45) is 10.1 Å². The number of amidine groups is 1. The van der Waals surface area contributed by atoms with E-state index in [-0.39, 0.29) is 40.3 Å². The molecule has 2 aliphatic heterocycles. The molecule has 0 spiro atoms. The Morgan fingerprint density at radius 2 is 1.62 bits per heavy atom. The van der Waals surface area contributed by atoms with E-state index < -0.39 is 0 Å². The summed E-state index contributed by atoms with van der Waals surface area (Å²) >= 11 is 1.53. The van der Waals surface area contributed by atoms with Crippen LogP contribution in [0.2, 0.25) is 0 Å². The Bertz CT molecular complexity index is 769. The third kappa shape index (κ3) is 3.98. The molecule has 142 valence electrons. The van der Waals surface area contributed by atoms with E-state index in [1.807, 2.05) is 12.1 Å². The third-order valence-electron chi connectivity index (χ3n) is 4.36. The first kappa shape index (κ1) is 21.0. The van der Waals surface area contributed by atoms with E-state index in [0.717, 1.165) is 22.4 Å². The lowest BCUT2D eigenvalue weighted by molar-refractivity contribution is -0.117. The average molecular weight is 440 g/mol. The van der Waals surface area contributed by atoms with E-state index in [1.165, 1.54) is 11.8 Å². The average Bonchev–Trinajstić information content (AvgIpc) is 2.84. The topological polar surface area (TPSA) is 65.3 Å². The maximum Gasteiger partial charge on any atom is 0.269 e. The largest absolute Gasteiger partial charge is 0.507 e. The summed E-state index contributed by atoms with van der Waals surface area (Å²) in [7, 11) is 0. The molecule has 0 radical (unpaired) electrons. The van der Waals surface area contributed by atoms with Gasteiger partial charge in [-0.1, -0.05) is 53.3 Å². The van der Waals surface area contributed by atoms with Crippen LogP contribution >= 0.6 is 28.7 Å². The van der Waals surface area contributed by atoms with E-state index >= 15 is 0 Å². The van der Waals surface area contributed by atoms with Gasteiger partial charge in [0.25, 0.3) is 5.91 Å². The van der Waals surface area contributed by atoms with Gasteiger partial charge in [-0.25, -0.2) is 5.01 Å². The zero-order chi connectivity index (χ0) is 18.6. The minimum Gasteiger partial charge on any atom is -0.507 e. The Kier molecular flexibility index (Phi) is 5.64. The number of fused-ring (bicyclic) bond motifs is 1. The molecule has 26 heavy (non-hydrogen) atoms.